The number of nitrogens with zero attached hydrogens (tertiary/aromatic N) is 2. The molecule has 0 amide bonds. The molecule has 0 radical (unpaired) electrons. The summed E-state index contributed by atoms with van der Waals surface area (Å²) in [5.74, 6) is 1.34. The highest BCUT2D eigenvalue weighted by Crippen LogP contribution is 2.25. The standard InChI is InChI=1S/C20H19N3O/c1-3-14(2)24-19-11-7-4-8-15(19)12-16(13-21)20-22-17-9-5-6-10-18(17)23-20/h4-12,14H,3H2,1-2H3,(H,22,23)/b16-12+/t14-/m1/s1. The summed E-state index contributed by atoms with van der Waals surface area (Å²) in [4.78, 5) is 7.70. The zero-order valence-corrected chi connectivity index (χ0v) is 13.8. The van der Waals surface area contributed by atoms with E-state index in [9.17, 15) is 5.26 Å². The third-order valence-corrected chi connectivity index (χ3v) is 3.89. The van der Waals surface area contributed by atoms with Gasteiger partial charge in [0.05, 0.1) is 22.7 Å². The minimum atomic E-state index is 0.122. The van der Waals surface area contributed by atoms with Crippen molar-refractivity contribution in [1.29, 1.82) is 5.26 Å². The molecule has 1 atom stereocenters. The van der Waals surface area contributed by atoms with Gasteiger partial charge in [0.15, 0.2) is 0 Å². The van der Waals surface area contributed by atoms with Crippen molar-refractivity contribution >= 4 is 22.7 Å². The number of ether oxygens (including phenoxy) is 1. The van der Waals surface area contributed by atoms with E-state index >= 15 is 0 Å². The average molecular weight is 317 g/mol. The van der Waals surface area contributed by atoms with Gasteiger partial charge in [-0.2, -0.15) is 5.26 Å². The summed E-state index contributed by atoms with van der Waals surface area (Å²) < 4.78 is 5.95. The van der Waals surface area contributed by atoms with Crippen molar-refractivity contribution in [3.8, 4) is 11.8 Å². The van der Waals surface area contributed by atoms with Crippen LogP contribution < -0.4 is 4.74 Å². The Balaban J connectivity index is 2.01. The zero-order chi connectivity index (χ0) is 16.9. The molecule has 1 heterocycles. The normalized spacial score (nSPS) is 12.8. The predicted molar refractivity (Wildman–Crippen MR) is 96.4 cm³/mol. The van der Waals surface area contributed by atoms with Gasteiger partial charge in [-0.15, -0.1) is 0 Å². The maximum absolute atomic E-state index is 9.57. The Morgan fingerprint density at radius 1 is 1.25 bits per heavy atom. The summed E-state index contributed by atoms with van der Waals surface area (Å²) in [6, 6.07) is 17.7. The summed E-state index contributed by atoms with van der Waals surface area (Å²) in [6.07, 6.45) is 2.86. The minimum Gasteiger partial charge on any atom is -0.490 e. The van der Waals surface area contributed by atoms with Gasteiger partial charge in [-0.1, -0.05) is 37.3 Å². The Hall–Kier alpha value is -3.06. The lowest BCUT2D eigenvalue weighted by Gasteiger charge is -2.14. The molecule has 4 heteroatoms. The quantitative estimate of drug-likeness (QED) is 0.687. The van der Waals surface area contributed by atoms with E-state index in [4.69, 9.17) is 4.74 Å². The molecule has 0 saturated carbocycles. The number of benzene rings is 2. The number of nitriles is 1. The number of para-hydroxylation sites is 3. The molecule has 3 rings (SSSR count). The summed E-state index contributed by atoms with van der Waals surface area (Å²) in [6.45, 7) is 4.11. The number of hydrogen-bond acceptors (Lipinski definition) is 3. The van der Waals surface area contributed by atoms with E-state index in [-0.39, 0.29) is 6.10 Å². The average Bonchev–Trinajstić information content (AvgIpc) is 3.04. The summed E-state index contributed by atoms with van der Waals surface area (Å²) in [5, 5.41) is 9.57. The van der Waals surface area contributed by atoms with Gasteiger partial charge in [0.1, 0.15) is 17.6 Å². The lowest BCUT2D eigenvalue weighted by atomic mass is 10.1. The van der Waals surface area contributed by atoms with Crippen molar-refractivity contribution in [2.45, 2.75) is 26.4 Å². The van der Waals surface area contributed by atoms with Crippen LogP contribution in [0.2, 0.25) is 0 Å². The highest BCUT2D eigenvalue weighted by Gasteiger charge is 2.10. The Labute approximate surface area is 141 Å². The molecular weight excluding hydrogens is 298 g/mol. The van der Waals surface area contributed by atoms with E-state index in [0.717, 1.165) is 28.8 Å². The predicted octanol–water partition coefficient (Wildman–Crippen LogP) is 4.80. The highest BCUT2D eigenvalue weighted by molar-refractivity contribution is 5.91. The van der Waals surface area contributed by atoms with Crippen LogP contribution in [0.3, 0.4) is 0 Å². The molecule has 0 unspecified atom stereocenters. The molecule has 3 aromatic rings. The molecule has 0 aliphatic carbocycles. The first-order chi connectivity index (χ1) is 11.7. The van der Waals surface area contributed by atoms with Crippen LogP contribution in [0.1, 0.15) is 31.7 Å². The van der Waals surface area contributed by atoms with Gasteiger partial charge in [-0.05, 0) is 37.6 Å². The van der Waals surface area contributed by atoms with E-state index in [1.54, 1.807) is 0 Å². The van der Waals surface area contributed by atoms with Crippen molar-refractivity contribution < 1.29 is 4.74 Å². The fraction of sp³-hybridized carbons (Fsp3) is 0.200. The van der Waals surface area contributed by atoms with Crippen LogP contribution in [0.15, 0.2) is 48.5 Å². The molecule has 2 aromatic carbocycles. The summed E-state index contributed by atoms with van der Waals surface area (Å²) in [7, 11) is 0. The molecule has 1 N–H and O–H groups in total. The second-order valence-electron chi connectivity index (χ2n) is 5.65. The van der Waals surface area contributed by atoms with Crippen molar-refractivity contribution in [3.05, 3.63) is 59.9 Å². The maximum atomic E-state index is 9.57. The molecule has 0 saturated heterocycles. The van der Waals surface area contributed by atoms with E-state index in [0.29, 0.717) is 11.4 Å². The largest absolute Gasteiger partial charge is 0.490 e. The lowest BCUT2D eigenvalue weighted by molar-refractivity contribution is 0.217. The van der Waals surface area contributed by atoms with E-state index in [1.165, 1.54) is 0 Å². The van der Waals surface area contributed by atoms with Crippen molar-refractivity contribution in [2.24, 2.45) is 0 Å². The van der Waals surface area contributed by atoms with Gasteiger partial charge in [-0.3, -0.25) is 0 Å². The number of H-pyrrole nitrogens is 1. The maximum Gasteiger partial charge on any atom is 0.149 e. The molecule has 24 heavy (non-hydrogen) atoms. The Bertz CT molecular complexity index is 885. The third kappa shape index (κ3) is 3.31. The van der Waals surface area contributed by atoms with E-state index in [1.807, 2.05) is 61.5 Å². The first-order valence-electron chi connectivity index (χ1n) is 8.04. The second kappa shape index (κ2) is 7.01. The van der Waals surface area contributed by atoms with Crippen molar-refractivity contribution in [3.63, 3.8) is 0 Å². The van der Waals surface area contributed by atoms with Gasteiger partial charge >= 0.3 is 0 Å². The third-order valence-electron chi connectivity index (χ3n) is 3.89. The van der Waals surface area contributed by atoms with Crippen LogP contribution in [0.25, 0.3) is 22.7 Å². The van der Waals surface area contributed by atoms with Gasteiger partial charge < -0.3 is 9.72 Å². The number of aromatic nitrogens is 2. The Kier molecular flexibility index (Phi) is 4.62. The number of fused-ring (bicyclic) bond motifs is 1. The number of allylic oxidation sites excluding steroid dienone is 1. The molecule has 0 aliphatic heterocycles. The van der Waals surface area contributed by atoms with Gasteiger partial charge in [0.25, 0.3) is 0 Å². The van der Waals surface area contributed by atoms with Crippen molar-refractivity contribution in [2.75, 3.05) is 0 Å². The molecule has 120 valence electrons. The molecule has 0 aliphatic rings. The van der Waals surface area contributed by atoms with Crippen LogP contribution in [0.5, 0.6) is 5.75 Å². The molecule has 4 nitrogen and oxygen atoms in total. The monoisotopic (exact) mass is 317 g/mol. The van der Waals surface area contributed by atoms with E-state index < -0.39 is 0 Å². The number of aromatic amines is 1. The zero-order valence-electron chi connectivity index (χ0n) is 13.8. The topological polar surface area (TPSA) is 61.7 Å². The summed E-state index contributed by atoms with van der Waals surface area (Å²) >= 11 is 0. The molecule has 0 bridgehead atoms. The molecule has 1 aromatic heterocycles. The number of hydrogen-bond donors (Lipinski definition) is 1. The fourth-order valence-electron chi connectivity index (χ4n) is 2.40. The SMILES string of the molecule is CC[C@@H](C)Oc1ccccc1/C=C(\C#N)c1nc2ccccc2[nH]1. The van der Waals surface area contributed by atoms with Crippen LogP contribution in [0.4, 0.5) is 0 Å². The van der Waals surface area contributed by atoms with Crippen LogP contribution in [-0.2, 0) is 0 Å². The lowest BCUT2D eigenvalue weighted by Crippen LogP contribution is -2.10. The Morgan fingerprint density at radius 3 is 2.75 bits per heavy atom. The first-order valence-corrected chi connectivity index (χ1v) is 8.04. The van der Waals surface area contributed by atoms with Gasteiger partial charge in [0, 0.05) is 5.56 Å². The molecule has 0 fully saturated rings. The van der Waals surface area contributed by atoms with E-state index in [2.05, 4.69) is 23.0 Å². The van der Waals surface area contributed by atoms with Crippen LogP contribution in [-0.4, -0.2) is 16.1 Å². The highest BCUT2D eigenvalue weighted by atomic mass is 16.5. The van der Waals surface area contributed by atoms with Crippen molar-refractivity contribution in [1.82, 2.24) is 9.97 Å². The molecule has 0 spiro atoms. The van der Waals surface area contributed by atoms with Gasteiger partial charge in [0.2, 0.25) is 0 Å². The smallest absolute Gasteiger partial charge is 0.149 e. The fourth-order valence-corrected chi connectivity index (χ4v) is 2.40. The number of imidazole rings is 1. The van der Waals surface area contributed by atoms with Crippen LogP contribution >= 0.6 is 0 Å². The number of nitrogens with one attached hydrogen (secondary N) is 1. The summed E-state index contributed by atoms with van der Waals surface area (Å²) in [5.41, 5.74) is 3.11. The van der Waals surface area contributed by atoms with Gasteiger partial charge in [-0.25, -0.2) is 4.98 Å². The number of rotatable bonds is 5. The second-order valence-corrected chi connectivity index (χ2v) is 5.65. The molecular formula is C20H19N3O. The minimum absolute atomic E-state index is 0.122. The Morgan fingerprint density at radius 2 is 2.00 bits per heavy atom. The first kappa shape index (κ1) is 15.8. The van der Waals surface area contributed by atoms with Crippen LogP contribution in [0, 0.1) is 11.3 Å².